The summed E-state index contributed by atoms with van der Waals surface area (Å²) in [4.78, 5) is 16.2. The van der Waals surface area contributed by atoms with Gasteiger partial charge < -0.3 is 4.57 Å². The Kier molecular flexibility index (Phi) is 5.52. The van der Waals surface area contributed by atoms with Crippen LogP contribution in [0.1, 0.15) is 15.9 Å². The average Bonchev–Trinajstić information content (AvgIpc) is 3.00. The highest BCUT2D eigenvalue weighted by molar-refractivity contribution is 7.99. The Labute approximate surface area is 161 Å². The van der Waals surface area contributed by atoms with Gasteiger partial charge in [-0.25, -0.2) is 4.98 Å². The maximum Gasteiger partial charge on any atom is 0.416 e. The van der Waals surface area contributed by atoms with E-state index in [-0.39, 0.29) is 11.3 Å². The number of benzene rings is 1. The number of thioether (sulfide) groups is 1. The van der Waals surface area contributed by atoms with Gasteiger partial charge in [0.25, 0.3) is 0 Å². The van der Waals surface area contributed by atoms with E-state index in [4.69, 9.17) is 11.6 Å². The van der Waals surface area contributed by atoms with Gasteiger partial charge in [-0.2, -0.15) is 13.2 Å². The lowest BCUT2D eigenvalue weighted by molar-refractivity contribution is -0.137. The van der Waals surface area contributed by atoms with Crippen LogP contribution in [0.2, 0.25) is 5.15 Å². The van der Waals surface area contributed by atoms with Crippen LogP contribution >= 0.6 is 23.4 Å². The zero-order chi connectivity index (χ0) is 19.6. The summed E-state index contributed by atoms with van der Waals surface area (Å²) in [5.41, 5.74) is -0.151. The third-order valence-electron chi connectivity index (χ3n) is 3.66. The Balaban J connectivity index is 1.72. The molecule has 3 aromatic rings. The lowest BCUT2D eigenvalue weighted by Gasteiger charge is -2.08. The molecule has 2 aromatic heterocycles. The summed E-state index contributed by atoms with van der Waals surface area (Å²) in [5, 5.41) is 8.89. The first kappa shape index (κ1) is 19.4. The molecule has 0 aliphatic carbocycles. The quantitative estimate of drug-likeness (QED) is 0.350. The Morgan fingerprint density at radius 2 is 2.00 bits per heavy atom. The lowest BCUT2D eigenvalue weighted by Crippen LogP contribution is -2.09. The van der Waals surface area contributed by atoms with Crippen molar-refractivity contribution in [1.29, 1.82) is 0 Å². The van der Waals surface area contributed by atoms with Crippen molar-refractivity contribution in [2.24, 2.45) is 7.05 Å². The third kappa shape index (κ3) is 4.48. The molecule has 2 heterocycles. The fourth-order valence-corrected chi connectivity index (χ4v) is 3.20. The molecule has 0 bridgehead atoms. The van der Waals surface area contributed by atoms with E-state index in [9.17, 15) is 18.0 Å². The second-order valence-corrected chi connectivity index (χ2v) is 6.85. The first-order valence-corrected chi connectivity index (χ1v) is 8.96. The minimum atomic E-state index is -4.49. The van der Waals surface area contributed by atoms with Gasteiger partial charge in [-0.05, 0) is 24.3 Å². The van der Waals surface area contributed by atoms with Gasteiger partial charge in [-0.15, -0.1) is 10.2 Å². The number of halogens is 4. The van der Waals surface area contributed by atoms with Crippen molar-refractivity contribution in [3.05, 3.63) is 58.9 Å². The number of Topliss-reactive ketones (excluding diaryl/α,β-unsaturated/α-hetero) is 1. The van der Waals surface area contributed by atoms with Gasteiger partial charge in [-0.1, -0.05) is 35.5 Å². The first-order chi connectivity index (χ1) is 12.8. The van der Waals surface area contributed by atoms with Crippen LogP contribution in [-0.2, 0) is 13.2 Å². The number of carbonyl (C=O) groups is 1. The molecule has 1 aromatic carbocycles. The average molecular weight is 413 g/mol. The van der Waals surface area contributed by atoms with Gasteiger partial charge in [0.2, 0.25) is 0 Å². The van der Waals surface area contributed by atoms with Crippen LogP contribution in [0, 0.1) is 0 Å². The molecule has 0 atom stereocenters. The maximum atomic E-state index is 12.8. The molecular formula is C17H12ClF3N4OS. The topological polar surface area (TPSA) is 60.7 Å². The number of hydrogen-bond acceptors (Lipinski definition) is 5. The predicted octanol–water partition coefficient (Wildman–Crippen LogP) is 4.52. The Bertz CT molecular complexity index is 973. The fourth-order valence-electron chi connectivity index (χ4n) is 2.28. The molecule has 0 aliphatic heterocycles. The summed E-state index contributed by atoms with van der Waals surface area (Å²) >= 11 is 6.85. The summed E-state index contributed by atoms with van der Waals surface area (Å²) < 4.78 is 40.0. The van der Waals surface area contributed by atoms with E-state index in [0.717, 1.165) is 23.9 Å². The standard InChI is InChI=1S/C17H12ClF3N4OS/c1-25-15(11-5-6-14(18)22-8-11)23-24-16(25)27-9-13(26)10-3-2-4-12(7-10)17(19,20)21/h2-8H,9H2,1H3. The van der Waals surface area contributed by atoms with Crippen molar-refractivity contribution in [2.45, 2.75) is 11.3 Å². The lowest BCUT2D eigenvalue weighted by atomic mass is 10.1. The van der Waals surface area contributed by atoms with E-state index in [1.807, 2.05) is 0 Å². The highest BCUT2D eigenvalue weighted by atomic mass is 35.5. The van der Waals surface area contributed by atoms with E-state index in [1.54, 1.807) is 29.9 Å². The third-order valence-corrected chi connectivity index (χ3v) is 4.91. The molecule has 27 heavy (non-hydrogen) atoms. The van der Waals surface area contributed by atoms with E-state index in [0.29, 0.717) is 21.7 Å². The Hall–Kier alpha value is -2.39. The second kappa shape index (κ2) is 7.69. The zero-order valence-electron chi connectivity index (χ0n) is 13.9. The molecule has 0 spiro atoms. The molecule has 0 amide bonds. The van der Waals surface area contributed by atoms with Gasteiger partial charge >= 0.3 is 6.18 Å². The van der Waals surface area contributed by atoms with Gasteiger partial charge in [0.05, 0.1) is 11.3 Å². The number of aromatic nitrogens is 4. The van der Waals surface area contributed by atoms with Crippen LogP contribution in [0.15, 0.2) is 47.8 Å². The van der Waals surface area contributed by atoms with Crippen LogP contribution in [0.25, 0.3) is 11.4 Å². The SMILES string of the molecule is Cn1c(SCC(=O)c2cccc(C(F)(F)F)c2)nnc1-c1ccc(Cl)nc1. The molecule has 10 heteroatoms. The maximum absolute atomic E-state index is 12.8. The Morgan fingerprint density at radius 3 is 2.67 bits per heavy atom. The van der Waals surface area contributed by atoms with Crippen molar-refractivity contribution < 1.29 is 18.0 Å². The molecule has 0 saturated heterocycles. The predicted molar refractivity (Wildman–Crippen MR) is 95.7 cm³/mol. The largest absolute Gasteiger partial charge is 0.416 e. The number of pyridine rings is 1. The van der Waals surface area contributed by atoms with E-state index >= 15 is 0 Å². The van der Waals surface area contributed by atoms with Crippen LogP contribution in [-0.4, -0.2) is 31.3 Å². The molecule has 5 nitrogen and oxygen atoms in total. The van der Waals surface area contributed by atoms with E-state index in [1.165, 1.54) is 12.1 Å². The Morgan fingerprint density at radius 1 is 1.22 bits per heavy atom. The second-order valence-electron chi connectivity index (χ2n) is 5.53. The summed E-state index contributed by atoms with van der Waals surface area (Å²) in [6, 6.07) is 7.72. The number of nitrogens with zero attached hydrogens (tertiary/aromatic N) is 4. The molecule has 0 unspecified atom stereocenters. The zero-order valence-corrected chi connectivity index (χ0v) is 15.4. The van der Waals surface area contributed by atoms with Crippen LogP contribution < -0.4 is 0 Å². The van der Waals surface area contributed by atoms with E-state index in [2.05, 4.69) is 15.2 Å². The van der Waals surface area contributed by atoms with Crippen molar-refractivity contribution in [3.8, 4) is 11.4 Å². The van der Waals surface area contributed by atoms with Gasteiger partial charge in [0.1, 0.15) is 5.15 Å². The van der Waals surface area contributed by atoms with Crippen LogP contribution in [0.4, 0.5) is 13.2 Å². The summed E-state index contributed by atoms with van der Waals surface area (Å²) in [5.74, 6) is 0.0450. The summed E-state index contributed by atoms with van der Waals surface area (Å²) in [6.07, 6.45) is -2.94. The van der Waals surface area contributed by atoms with Gasteiger partial charge in [-0.3, -0.25) is 4.79 Å². The molecule has 0 aliphatic rings. The first-order valence-electron chi connectivity index (χ1n) is 7.60. The number of alkyl halides is 3. The van der Waals surface area contributed by atoms with E-state index < -0.39 is 17.5 Å². The molecule has 0 N–H and O–H groups in total. The van der Waals surface area contributed by atoms with Gasteiger partial charge in [0.15, 0.2) is 16.8 Å². The number of rotatable bonds is 5. The minimum absolute atomic E-state index is 0.00150. The molecule has 0 saturated carbocycles. The fraction of sp³-hybridized carbons (Fsp3) is 0.176. The number of hydrogen-bond donors (Lipinski definition) is 0. The molecule has 0 radical (unpaired) electrons. The highest BCUT2D eigenvalue weighted by Gasteiger charge is 2.30. The molecule has 3 rings (SSSR count). The number of ketones is 1. The smallest absolute Gasteiger partial charge is 0.305 e. The van der Waals surface area contributed by atoms with Crippen molar-refractivity contribution >= 4 is 29.1 Å². The van der Waals surface area contributed by atoms with Crippen molar-refractivity contribution in [3.63, 3.8) is 0 Å². The summed E-state index contributed by atoms with van der Waals surface area (Å²) in [7, 11) is 1.72. The van der Waals surface area contributed by atoms with Crippen LogP contribution in [0.3, 0.4) is 0 Å². The normalized spacial score (nSPS) is 11.6. The summed E-state index contributed by atoms with van der Waals surface area (Å²) in [6.45, 7) is 0. The van der Waals surface area contributed by atoms with Crippen molar-refractivity contribution in [2.75, 3.05) is 5.75 Å². The minimum Gasteiger partial charge on any atom is -0.305 e. The molecular weight excluding hydrogens is 401 g/mol. The van der Waals surface area contributed by atoms with Crippen LogP contribution in [0.5, 0.6) is 0 Å². The number of carbonyl (C=O) groups excluding carboxylic acids is 1. The van der Waals surface area contributed by atoms with Gasteiger partial charge in [0, 0.05) is 24.4 Å². The molecule has 0 fully saturated rings. The molecule has 140 valence electrons. The van der Waals surface area contributed by atoms with Crippen molar-refractivity contribution in [1.82, 2.24) is 19.7 Å². The highest BCUT2D eigenvalue weighted by Crippen LogP contribution is 2.30. The monoisotopic (exact) mass is 412 g/mol.